The van der Waals surface area contributed by atoms with Gasteiger partial charge in [0.05, 0.1) is 17.1 Å². The molecule has 0 bridgehead atoms. The molecule has 0 aliphatic rings. The van der Waals surface area contributed by atoms with Crippen molar-refractivity contribution in [2.75, 3.05) is 0 Å². The number of imidazole rings is 1. The number of carbonyl (C=O) groups excluding carboxylic acids is 1. The highest BCUT2D eigenvalue weighted by Gasteiger charge is 2.34. The molecule has 1 heterocycles. The molecule has 1 aromatic heterocycles. The summed E-state index contributed by atoms with van der Waals surface area (Å²) in [5, 5.41) is 3.03. The van der Waals surface area contributed by atoms with Gasteiger partial charge in [-0.15, -0.1) is 0 Å². The highest BCUT2D eigenvalue weighted by atomic mass is 19.4. The van der Waals surface area contributed by atoms with Crippen LogP contribution in [0.2, 0.25) is 0 Å². The van der Waals surface area contributed by atoms with E-state index >= 15 is 0 Å². The van der Waals surface area contributed by atoms with Crippen LogP contribution in [-0.2, 0) is 6.18 Å². The largest absolute Gasteiger partial charge is 0.449 e. The van der Waals surface area contributed by atoms with Crippen LogP contribution in [0.15, 0.2) is 66.7 Å². The van der Waals surface area contributed by atoms with Gasteiger partial charge in [-0.05, 0) is 49.2 Å². The monoisotopic (exact) mass is 423 g/mol. The van der Waals surface area contributed by atoms with E-state index in [9.17, 15) is 18.0 Å². The molecular weight excluding hydrogens is 403 g/mol. The molecule has 0 aliphatic heterocycles. The summed E-state index contributed by atoms with van der Waals surface area (Å²) >= 11 is 0. The van der Waals surface area contributed by atoms with Crippen molar-refractivity contribution in [1.82, 2.24) is 15.3 Å². The lowest BCUT2D eigenvalue weighted by atomic mass is 9.97. The maximum atomic E-state index is 13.0. The second-order valence-electron chi connectivity index (χ2n) is 7.55. The molecule has 7 heteroatoms. The first-order valence-electron chi connectivity index (χ1n) is 9.72. The summed E-state index contributed by atoms with van der Waals surface area (Å²) in [6, 6.07) is 19.1. The second-order valence-corrected chi connectivity index (χ2v) is 7.55. The number of hydrogen-bond donors (Lipinski definition) is 2. The number of amides is 1. The Balaban J connectivity index is 1.74. The minimum atomic E-state index is -4.56. The van der Waals surface area contributed by atoms with Gasteiger partial charge in [0, 0.05) is 5.56 Å². The van der Waals surface area contributed by atoms with Gasteiger partial charge in [0.15, 0.2) is 0 Å². The molecule has 0 aliphatic carbocycles. The summed E-state index contributed by atoms with van der Waals surface area (Å²) in [6.45, 7) is 3.84. The van der Waals surface area contributed by atoms with E-state index in [-0.39, 0.29) is 16.9 Å². The normalized spacial score (nSPS) is 12.7. The summed E-state index contributed by atoms with van der Waals surface area (Å²) in [7, 11) is 0. The summed E-state index contributed by atoms with van der Waals surface area (Å²) in [4.78, 5) is 19.0. The fourth-order valence-corrected chi connectivity index (χ4v) is 3.67. The van der Waals surface area contributed by atoms with E-state index in [0.717, 1.165) is 16.7 Å². The van der Waals surface area contributed by atoms with Crippen molar-refractivity contribution in [2.24, 2.45) is 0 Å². The number of benzene rings is 3. The number of fused-ring (bicyclic) bond motifs is 1. The smallest absolute Gasteiger partial charge is 0.341 e. The van der Waals surface area contributed by atoms with Crippen molar-refractivity contribution >= 4 is 16.9 Å². The lowest BCUT2D eigenvalue weighted by Crippen LogP contribution is -2.29. The zero-order valence-corrected chi connectivity index (χ0v) is 16.9. The minimum Gasteiger partial charge on any atom is -0.341 e. The fourth-order valence-electron chi connectivity index (χ4n) is 3.67. The predicted octanol–water partition coefficient (Wildman–Crippen LogP) is 5.72. The Kier molecular flexibility index (Phi) is 5.27. The lowest BCUT2D eigenvalue weighted by Gasteiger charge is -2.20. The zero-order chi connectivity index (χ0) is 22.2. The summed E-state index contributed by atoms with van der Waals surface area (Å²) in [5.74, 6) is -1.31. The first-order chi connectivity index (χ1) is 14.7. The molecule has 3 aromatic carbocycles. The number of hydrogen-bond acceptors (Lipinski definition) is 2. The van der Waals surface area contributed by atoms with Crippen molar-refractivity contribution in [2.45, 2.75) is 26.1 Å². The van der Waals surface area contributed by atoms with Gasteiger partial charge < -0.3 is 10.3 Å². The van der Waals surface area contributed by atoms with E-state index in [1.54, 1.807) is 24.3 Å². The molecular formula is C24H20F3N3O. The average Bonchev–Trinajstić information content (AvgIpc) is 3.16. The molecule has 0 radical (unpaired) electrons. The number of nitrogens with one attached hydrogen (secondary N) is 2. The highest BCUT2D eigenvalue weighted by Crippen LogP contribution is 2.30. The Labute approximate surface area is 177 Å². The number of carbonyl (C=O) groups is 1. The Hall–Kier alpha value is -3.61. The van der Waals surface area contributed by atoms with Crippen molar-refractivity contribution in [1.29, 1.82) is 0 Å². The van der Waals surface area contributed by atoms with Crippen molar-refractivity contribution in [3.05, 3.63) is 100 Å². The van der Waals surface area contributed by atoms with Crippen LogP contribution in [-0.4, -0.2) is 15.9 Å². The maximum absolute atomic E-state index is 13.0. The van der Waals surface area contributed by atoms with E-state index < -0.39 is 18.0 Å². The Morgan fingerprint density at radius 3 is 2.26 bits per heavy atom. The van der Waals surface area contributed by atoms with Crippen molar-refractivity contribution in [3.63, 3.8) is 0 Å². The quantitative estimate of drug-likeness (QED) is 0.441. The van der Waals surface area contributed by atoms with Crippen LogP contribution in [0.25, 0.3) is 11.0 Å². The molecule has 0 spiro atoms. The van der Waals surface area contributed by atoms with Gasteiger partial charge in [0.2, 0.25) is 5.82 Å². The topological polar surface area (TPSA) is 57.8 Å². The zero-order valence-electron chi connectivity index (χ0n) is 16.9. The van der Waals surface area contributed by atoms with Crippen LogP contribution in [0.3, 0.4) is 0 Å². The van der Waals surface area contributed by atoms with E-state index in [0.29, 0.717) is 11.1 Å². The molecule has 0 fully saturated rings. The lowest BCUT2D eigenvalue weighted by molar-refractivity contribution is -0.144. The van der Waals surface area contributed by atoms with Crippen LogP contribution in [0.5, 0.6) is 0 Å². The Morgan fingerprint density at radius 1 is 0.935 bits per heavy atom. The molecule has 0 saturated carbocycles. The number of H-pyrrole nitrogens is 1. The Morgan fingerprint density at radius 2 is 1.61 bits per heavy atom. The number of rotatable bonds is 4. The third-order valence-electron chi connectivity index (χ3n) is 5.00. The van der Waals surface area contributed by atoms with E-state index in [1.165, 1.54) is 6.07 Å². The molecule has 2 N–H and O–H groups in total. The van der Waals surface area contributed by atoms with Gasteiger partial charge >= 0.3 is 6.18 Å². The van der Waals surface area contributed by atoms with Crippen LogP contribution in [0.1, 0.15) is 44.5 Å². The molecule has 4 rings (SSSR count). The number of nitrogens with zero attached hydrogens (tertiary/aromatic N) is 1. The number of alkyl halides is 3. The molecule has 1 atom stereocenters. The summed E-state index contributed by atoms with van der Waals surface area (Å²) < 4.78 is 39.1. The van der Waals surface area contributed by atoms with Gasteiger partial charge in [-0.3, -0.25) is 4.79 Å². The van der Waals surface area contributed by atoms with E-state index in [1.807, 2.05) is 50.2 Å². The number of aryl methyl sites for hydroxylation is 2. The highest BCUT2D eigenvalue weighted by molar-refractivity contribution is 5.95. The number of aromatic nitrogens is 2. The van der Waals surface area contributed by atoms with Gasteiger partial charge in [-0.25, -0.2) is 4.98 Å². The third kappa shape index (κ3) is 4.45. The van der Waals surface area contributed by atoms with Gasteiger partial charge in [-0.2, -0.15) is 13.2 Å². The second kappa shape index (κ2) is 7.91. The molecule has 158 valence electrons. The summed E-state index contributed by atoms with van der Waals surface area (Å²) in [5.41, 5.74) is 4.40. The molecule has 4 nitrogen and oxygen atoms in total. The SMILES string of the molecule is Cc1cc(C)cc(C(=O)NC(c2ccccc2)c2ccc3nc(C(F)(F)F)[nH]c3c2)c1. The minimum absolute atomic E-state index is 0.212. The average molecular weight is 423 g/mol. The van der Waals surface area contributed by atoms with Crippen molar-refractivity contribution < 1.29 is 18.0 Å². The van der Waals surface area contributed by atoms with Gasteiger partial charge in [-0.1, -0.05) is 53.6 Å². The molecule has 31 heavy (non-hydrogen) atoms. The van der Waals surface area contributed by atoms with Gasteiger partial charge in [0.1, 0.15) is 0 Å². The fraction of sp³-hybridized carbons (Fsp3) is 0.167. The number of halogens is 3. The first kappa shape index (κ1) is 20.7. The molecule has 4 aromatic rings. The van der Waals surface area contributed by atoms with E-state index in [2.05, 4.69) is 15.3 Å². The van der Waals surface area contributed by atoms with E-state index in [4.69, 9.17) is 0 Å². The molecule has 1 amide bonds. The first-order valence-corrected chi connectivity index (χ1v) is 9.72. The van der Waals surface area contributed by atoms with Crippen LogP contribution in [0, 0.1) is 13.8 Å². The maximum Gasteiger partial charge on any atom is 0.449 e. The molecule has 1 unspecified atom stereocenters. The summed E-state index contributed by atoms with van der Waals surface area (Å²) in [6.07, 6.45) is -4.56. The number of aromatic amines is 1. The third-order valence-corrected chi connectivity index (χ3v) is 5.00. The van der Waals surface area contributed by atoms with Crippen molar-refractivity contribution in [3.8, 4) is 0 Å². The van der Waals surface area contributed by atoms with Crippen LogP contribution >= 0.6 is 0 Å². The van der Waals surface area contributed by atoms with Crippen LogP contribution in [0.4, 0.5) is 13.2 Å². The standard InChI is InChI=1S/C24H20F3N3O/c1-14-10-15(2)12-18(11-14)22(31)30-21(16-6-4-3-5-7-16)17-8-9-19-20(13-17)29-23(28-19)24(25,26)27/h3-13,21H,1-2H3,(H,28,29)(H,30,31). The Bertz CT molecular complexity index is 1230. The van der Waals surface area contributed by atoms with Gasteiger partial charge in [0.25, 0.3) is 5.91 Å². The van der Waals surface area contributed by atoms with Crippen LogP contribution < -0.4 is 5.32 Å². The predicted molar refractivity (Wildman–Crippen MR) is 113 cm³/mol. The molecule has 0 saturated heterocycles.